The minimum atomic E-state index is -0.776. The number of phenols is 1. The van der Waals surface area contributed by atoms with E-state index in [4.69, 9.17) is 0 Å². The van der Waals surface area contributed by atoms with Crippen LogP contribution >= 0.6 is 0 Å². The number of phenolic OH excluding ortho intramolecular Hbond substituents is 1. The molecular formula is C20H18FN5O3. The van der Waals surface area contributed by atoms with Crippen LogP contribution < -0.4 is 10.6 Å². The number of hydrogen-bond donors (Lipinski definition) is 4. The zero-order valence-electron chi connectivity index (χ0n) is 15.2. The summed E-state index contributed by atoms with van der Waals surface area (Å²) in [5.74, 6) is -1.39. The first-order chi connectivity index (χ1) is 14.0. The molecule has 1 saturated carbocycles. The molecule has 8 nitrogen and oxygen atoms in total. The molecule has 1 aliphatic rings. The predicted molar refractivity (Wildman–Crippen MR) is 102 cm³/mol. The standard InChI is InChI=1S/C20H18FN5O3/c21-14-2-1-3-16(27)17(14)20(29)25-15-8-13(15)9-22-19(28)12-6-4-11(5-7-12)18-23-10-24-26-18/h1-7,10,13,15,27H,8-9H2,(H,22,28)(H,25,29)(H,23,24,26)/t13-,15-/m1/s1. The van der Waals surface area contributed by atoms with Gasteiger partial charge in [-0.05, 0) is 36.6 Å². The Bertz CT molecular complexity index is 1020. The third kappa shape index (κ3) is 4.08. The van der Waals surface area contributed by atoms with Crippen molar-refractivity contribution < 1.29 is 19.1 Å². The maximum atomic E-state index is 13.7. The second-order valence-electron chi connectivity index (χ2n) is 6.83. The van der Waals surface area contributed by atoms with Gasteiger partial charge in [0, 0.05) is 23.7 Å². The summed E-state index contributed by atoms with van der Waals surface area (Å²) in [6.45, 7) is 0.386. The summed E-state index contributed by atoms with van der Waals surface area (Å²) in [5.41, 5.74) is 0.959. The molecule has 2 amide bonds. The molecule has 4 N–H and O–H groups in total. The molecule has 29 heavy (non-hydrogen) atoms. The van der Waals surface area contributed by atoms with Crippen molar-refractivity contribution >= 4 is 11.8 Å². The van der Waals surface area contributed by atoms with E-state index >= 15 is 0 Å². The quantitative estimate of drug-likeness (QED) is 0.508. The lowest BCUT2D eigenvalue weighted by molar-refractivity contribution is 0.0942. The van der Waals surface area contributed by atoms with Crippen molar-refractivity contribution in [1.82, 2.24) is 25.8 Å². The average molecular weight is 395 g/mol. The van der Waals surface area contributed by atoms with Crippen molar-refractivity contribution in [3.63, 3.8) is 0 Å². The number of aromatic nitrogens is 3. The molecule has 2 aromatic carbocycles. The highest BCUT2D eigenvalue weighted by Gasteiger charge is 2.39. The maximum absolute atomic E-state index is 13.7. The minimum Gasteiger partial charge on any atom is -0.507 e. The second kappa shape index (κ2) is 7.70. The fourth-order valence-corrected chi connectivity index (χ4v) is 3.08. The van der Waals surface area contributed by atoms with Crippen molar-refractivity contribution in [2.24, 2.45) is 5.92 Å². The minimum absolute atomic E-state index is 0.0604. The maximum Gasteiger partial charge on any atom is 0.258 e. The van der Waals surface area contributed by atoms with Gasteiger partial charge in [0.05, 0.1) is 0 Å². The molecule has 3 aromatic rings. The Hall–Kier alpha value is -3.75. The van der Waals surface area contributed by atoms with Gasteiger partial charge >= 0.3 is 0 Å². The van der Waals surface area contributed by atoms with Gasteiger partial charge in [0.25, 0.3) is 11.8 Å². The number of rotatable bonds is 6. The molecule has 1 aromatic heterocycles. The zero-order valence-corrected chi connectivity index (χ0v) is 15.2. The van der Waals surface area contributed by atoms with Gasteiger partial charge in [-0.2, -0.15) is 5.10 Å². The van der Waals surface area contributed by atoms with Gasteiger partial charge in [-0.1, -0.05) is 18.2 Å². The second-order valence-corrected chi connectivity index (χ2v) is 6.83. The molecule has 1 heterocycles. The Morgan fingerprint density at radius 2 is 1.97 bits per heavy atom. The highest BCUT2D eigenvalue weighted by atomic mass is 19.1. The fraction of sp³-hybridized carbons (Fsp3) is 0.200. The van der Waals surface area contributed by atoms with Crippen molar-refractivity contribution in [2.75, 3.05) is 6.54 Å². The van der Waals surface area contributed by atoms with E-state index in [1.165, 1.54) is 18.5 Å². The molecule has 0 spiro atoms. The summed E-state index contributed by atoms with van der Waals surface area (Å²) in [4.78, 5) is 28.5. The van der Waals surface area contributed by atoms with E-state index in [2.05, 4.69) is 25.8 Å². The van der Waals surface area contributed by atoms with Crippen LogP contribution in [0.4, 0.5) is 4.39 Å². The first kappa shape index (κ1) is 18.6. The van der Waals surface area contributed by atoms with Gasteiger partial charge < -0.3 is 15.7 Å². The van der Waals surface area contributed by atoms with Crippen molar-refractivity contribution in [3.05, 3.63) is 65.7 Å². The molecule has 0 radical (unpaired) electrons. The largest absolute Gasteiger partial charge is 0.507 e. The number of carbonyl (C=O) groups excluding carboxylic acids is 2. The van der Waals surface area contributed by atoms with Gasteiger partial charge in [-0.3, -0.25) is 14.7 Å². The van der Waals surface area contributed by atoms with E-state index in [1.54, 1.807) is 24.3 Å². The van der Waals surface area contributed by atoms with E-state index in [0.717, 1.165) is 11.6 Å². The number of nitrogens with zero attached hydrogens (tertiary/aromatic N) is 2. The van der Waals surface area contributed by atoms with Crippen LogP contribution in [0.15, 0.2) is 48.8 Å². The highest BCUT2D eigenvalue weighted by molar-refractivity contribution is 5.97. The van der Waals surface area contributed by atoms with Gasteiger partial charge in [0.15, 0.2) is 5.82 Å². The van der Waals surface area contributed by atoms with Gasteiger partial charge in [-0.15, -0.1) is 0 Å². The summed E-state index contributed by atoms with van der Waals surface area (Å²) in [6.07, 6.45) is 2.08. The number of aromatic amines is 1. The molecule has 9 heteroatoms. The summed E-state index contributed by atoms with van der Waals surface area (Å²) >= 11 is 0. The van der Waals surface area contributed by atoms with Crippen LogP contribution in [-0.2, 0) is 0 Å². The Balaban J connectivity index is 1.27. The van der Waals surface area contributed by atoms with E-state index < -0.39 is 17.5 Å². The molecule has 148 valence electrons. The molecule has 0 unspecified atom stereocenters. The molecule has 4 rings (SSSR count). The van der Waals surface area contributed by atoms with E-state index in [0.29, 0.717) is 24.4 Å². The Morgan fingerprint density at radius 3 is 2.66 bits per heavy atom. The van der Waals surface area contributed by atoms with Crippen LogP contribution in [-0.4, -0.2) is 44.7 Å². The van der Waals surface area contributed by atoms with E-state index in [9.17, 15) is 19.1 Å². The number of halogens is 1. The van der Waals surface area contributed by atoms with Crippen molar-refractivity contribution in [1.29, 1.82) is 0 Å². The first-order valence-electron chi connectivity index (χ1n) is 9.05. The fourth-order valence-electron chi connectivity index (χ4n) is 3.08. The molecular weight excluding hydrogens is 377 g/mol. The van der Waals surface area contributed by atoms with Crippen molar-refractivity contribution in [2.45, 2.75) is 12.5 Å². The van der Waals surface area contributed by atoms with Crippen LogP contribution in [0.5, 0.6) is 5.75 Å². The van der Waals surface area contributed by atoms with Crippen molar-refractivity contribution in [3.8, 4) is 17.1 Å². The number of carbonyl (C=O) groups is 2. The Kier molecular flexibility index (Phi) is 4.94. The number of aromatic hydroxyl groups is 1. The number of H-pyrrole nitrogens is 1. The summed E-state index contributed by atoms with van der Waals surface area (Å²) in [6, 6.07) is 10.5. The molecule has 1 fully saturated rings. The molecule has 0 bridgehead atoms. The molecule has 0 saturated heterocycles. The van der Waals surface area contributed by atoms with E-state index in [1.807, 2.05) is 0 Å². The van der Waals surface area contributed by atoms with Crippen LogP contribution in [0.2, 0.25) is 0 Å². The van der Waals surface area contributed by atoms with Crippen LogP contribution in [0, 0.1) is 11.7 Å². The van der Waals surface area contributed by atoms with Crippen LogP contribution in [0.25, 0.3) is 11.4 Å². The smallest absolute Gasteiger partial charge is 0.258 e. The van der Waals surface area contributed by atoms with Gasteiger partial charge in [0.2, 0.25) is 0 Å². The Morgan fingerprint density at radius 1 is 1.17 bits per heavy atom. The molecule has 0 aliphatic heterocycles. The van der Waals surface area contributed by atoms with Gasteiger partial charge in [-0.25, -0.2) is 9.37 Å². The zero-order chi connectivity index (χ0) is 20.4. The van der Waals surface area contributed by atoms with E-state index in [-0.39, 0.29) is 23.4 Å². The van der Waals surface area contributed by atoms with Crippen LogP contribution in [0.3, 0.4) is 0 Å². The number of amides is 2. The Labute approximate surface area is 165 Å². The monoisotopic (exact) mass is 395 g/mol. The molecule has 2 atom stereocenters. The topological polar surface area (TPSA) is 120 Å². The third-order valence-corrected chi connectivity index (χ3v) is 4.82. The van der Waals surface area contributed by atoms with Gasteiger partial charge in [0.1, 0.15) is 23.5 Å². The average Bonchev–Trinajstić information content (AvgIpc) is 3.21. The summed E-state index contributed by atoms with van der Waals surface area (Å²) in [7, 11) is 0. The SMILES string of the molecule is O=C(NC[C@H]1C[C@H]1NC(=O)c1c(O)cccc1F)c1ccc(-c2ncn[nH]2)cc1. The number of hydrogen-bond acceptors (Lipinski definition) is 5. The summed E-state index contributed by atoms with van der Waals surface area (Å²) < 4.78 is 13.7. The highest BCUT2D eigenvalue weighted by Crippen LogP contribution is 2.31. The number of nitrogens with one attached hydrogen (secondary N) is 3. The normalized spacial score (nSPS) is 17.6. The lowest BCUT2D eigenvalue weighted by Gasteiger charge is -2.08. The lowest BCUT2D eigenvalue weighted by Crippen LogP contribution is -2.31. The lowest BCUT2D eigenvalue weighted by atomic mass is 10.1. The molecule has 1 aliphatic carbocycles. The van der Waals surface area contributed by atoms with Crippen LogP contribution in [0.1, 0.15) is 27.1 Å². The third-order valence-electron chi connectivity index (χ3n) is 4.82. The predicted octanol–water partition coefficient (Wildman–Crippen LogP) is 1.86. The summed E-state index contributed by atoms with van der Waals surface area (Å²) in [5, 5.41) is 21.7. The first-order valence-corrected chi connectivity index (χ1v) is 9.05. The number of benzene rings is 2.